The van der Waals surface area contributed by atoms with E-state index in [0.717, 1.165) is 12.8 Å². The molecule has 2 N–H and O–H groups in total. The molecule has 0 aromatic heterocycles. The highest BCUT2D eigenvalue weighted by molar-refractivity contribution is 5.94. The minimum Gasteiger partial charge on any atom is -0.393 e. The van der Waals surface area contributed by atoms with Gasteiger partial charge in [-0.3, -0.25) is 14.9 Å². The molecule has 102 valence electrons. The standard InChI is InChI=1S/C13H16N2O4/c16-12-7-3-10(4-8-12)14-13(17)9-1-5-11(6-2-9)15(18)19/h1-2,5-6,10,12,16H,3-4,7-8H2,(H,14,17)/t10-,12-. The van der Waals surface area contributed by atoms with Crippen LogP contribution >= 0.6 is 0 Å². The fraction of sp³-hybridized carbons (Fsp3) is 0.462. The van der Waals surface area contributed by atoms with Crippen molar-refractivity contribution in [2.24, 2.45) is 0 Å². The van der Waals surface area contributed by atoms with Gasteiger partial charge in [0.05, 0.1) is 11.0 Å². The van der Waals surface area contributed by atoms with Crippen molar-refractivity contribution in [1.29, 1.82) is 0 Å². The summed E-state index contributed by atoms with van der Waals surface area (Å²) in [5.74, 6) is -0.226. The van der Waals surface area contributed by atoms with Crippen LogP contribution in [0.25, 0.3) is 0 Å². The van der Waals surface area contributed by atoms with Gasteiger partial charge in [0.2, 0.25) is 0 Å². The Bertz CT molecular complexity index is 464. The number of nitrogens with zero attached hydrogens (tertiary/aromatic N) is 1. The number of nitrogens with one attached hydrogen (secondary N) is 1. The van der Waals surface area contributed by atoms with Crippen molar-refractivity contribution >= 4 is 11.6 Å². The Hall–Kier alpha value is -1.95. The predicted octanol–water partition coefficient (Wildman–Crippen LogP) is 1.63. The third-order valence-electron chi connectivity index (χ3n) is 3.37. The molecule has 1 saturated carbocycles. The van der Waals surface area contributed by atoms with Crippen LogP contribution in [-0.2, 0) is 0 Å². The van der Waals surface area contributed by atoms with Crippen LogP contribution in [0.5, 0.6) is 0 Å². The topological polar surface area (TPSA) is 92.5 Å². The minimum atomic E-state index is -0.496. The van der Waals surface area contributed by atoms with Gasteiger partial charge in [-0.05, 0) is 37.8 Å². The van der Waals surface area contributed by atoms with Crippen LogP contribution in [0.4, 0.5) is 5.69 Å². The second-order valence-corrected chi connectivity index (χ2v) is 4.78. The van der Waals surface area contributed by atoms with E-state index in [1.165, 1.54) is 24.3 Å². The maximum Gasteiger partial charge on any atom is 0.269 e. The number of carbonyl (C=O) groups is 1. The molecule has 19 heavy (non-hydrogen) atoms. The summed E-state index contributed by atoms with van der Waals surface area (Å²) in [4.78, 5) is 21.9. The van der Waals surface area contributed by atoms with E-state index < -0.39 is 4.92 Å². The fourth-order valence-electron chi connectivity index (χ4n) is 2.22. The van der Waals surface area contributed by atoms with Crippen molar-refractivity contribution < 1.29 is 14.8 Å². The average Bonchev–Trinajstić information content (AvgIpc) is 2.41. The molecule has 1 aliphatic rings. The Balaban J connectivity index is 1.94. The van der Waals surface area contributed by atoms with Crippen molar-refractivity contribution in [2.45, 2.75) is 37.8 Å². The quantitative estimate of drug-likeness (QED) is 0.641. The molecule has 0 aliphatic heterocycles. The summed E-state index contributed by atoms with van der Waals surface area (Å²) in [6.45, 7) is 0. The highest BCUT2D eigenvalue weighted by atomic mass is 16.6. The number of carbonyl (C=O) groups excluding carboxylic acids is 1. The molecule has 0 radical (unpaired) electrons. The molecule has 0 atom stereocenters. The summed E-state index contributed by atoms with van der Waals surface area (Å²) in [6, 6.07) is 5.61. The highest BCUT2D eigenvalue weighted by Gasteiger charge is 2.21. The van der Waals surface area contributed by atoms with Crippen molar-refractivity contribution in [2.75, 3.05) is 0 Å². The first-order valence-corrected chi connectivity index (χ1v) is 6.29. The van der Waals surface area contributed by atoms with Gasteiger partial charge in [-0.15, -0.1) is 0 Å². The Morgan fingerprint density at radius 1 is 1.21 bits per heavy atom. The number of aliphatic hydroxyl groups is 1. The summed E-state index contributed by atoms with van der Waals surface area (Å²) >= 11 is 0. The lowest BCUT2D eigenvalue weighted by Gasteiger charge is -2.26. The van der Waals surface area contributed by atoms with E-state index in [-0.39, 0.29) is 23.7 Å². The smallest absolute Gasteiger partial charge is 0.269 e. The van der Waals surface area contributed by atoms with E-state index in [1.54, 1.807) is 0 Å². The molecule has 1 aromatic rings. The number of rotatable bonds is 3. The molecule has 0 heterocycles. The molecule has 1 aromatic carbocycles. The first-order valence-electron chi connectivity index (χ1n) is 6.29. The summed E-state index contributed by atoms with van der Waals surface area (Å²) in [6.07, 6.45) is 2.67. The maximum absolute atomic E-state index is 11.9. The fourth-order valence-corrected chi connectivity index (χ4v) is 2.22. The average molecular weight is 264 g/mol. The van der Waals surface area contributed by atoms with Crippen LogP contribution in [0.1, 0.15) is 36.0 Å². The van der Waals surface area contributed by atoms with Gasteiger partial charge in [0, 0.05) is 23.7 Å². The molecule has 1 amide bonds. The number of aliphatic hydroxyl groups excluding tert-OH is 1. The molecule has 0 bridgehead atoms. The maximum atomic E-state index is 11.9. The zero-order valence-electron chi connectivity index (χ0n) is 10.4. The molecule has 0 spiro atoms. The second kappa shape index (κ2) is 5.79. The second-order valence-electron chi connectivity index (χ2n) is 4.78. The number of amides is 1. The van der Waals surface area contributed by atoms with E-state index in [4.69, 9.17) is 0 Å². The number of hydrogen-bond acceptors (Lipinski definition) is 4. The Kier molecular flexibility index (Phi) is 4.11. The van der Waals surface area contributed by atoms with E-state index >= 15 is 0 Å². The summed E-state index contributed by atoms with van der Waals surface area (Å²) in [7, 11) is 0. The SMILES string of the molecule is O=C(N[C@H]1CC[C@H](O)CC1)c1ccc([N+](=O)[O-])cc1. The Labute approximate surface area is 110 Å². The third-order valence-corrected chi connectivity index (χ3v) is 3.37. The van der Waals surface area contributed by atoms with Gasteiger partial charge < -0.3 is 10.4 Å². The van der Waals surface area contributed by atoms with Crippen LogP contribution in [0.3, 0.4) is 0 Å². The van der Waals surface area contributed by atoms with Crippen LogP contribution in [-0.4, -0.2) is 28.1 Å². The van der Waals surface area contributed by atoms with Gasteiger partial charge in [-0.1, -0.05) is 0 Å². The molecule has 2 rings (SSSR count). The van der Waals surface area contributed by atoms with E-state index in [0.29, 0.717) is 18.4 Å². The normalized spacial score (nSPS) is 22.8. The van der Waals surface area contributed by atoms with Crippen molar-refractivity contribution in [3.8, 4) is 0 Å². The summed E-state index contributed by atoms with van der Waals surface area (Å²) in [5, 5.41) is 22.8. The number of non-ortho nitro benzene ring substituents is 1. The van der Waals surface area contributed by atoms with Crippen LogP contribution < -0.4 is 5.32 Å². The first kappa shape index (κ1) is 13.5. The van der Waals surface area contributed by atoms with Crippen molar-refractivity contribution in [3.05, 3.63) is 39.9 Å². The van der Waals surface area contributed by atoms with Gasteiger partial charge in [0.15, 0.2) is 0 Å². The molecule has 1 fully saturated rings. The van der Waals surface area contributed by atoms with E-state index in [9.17, 15) is 20.0 Å². The molecule has 0 saturated heterocycles. The largest absolute Gasteiger partial charge is 0.393 e. The van der Waals surface area contributed by atoms with E-state index in [1.807, 2.05) is 0 Å². The monoisotopic (exact) mass is 264 g/mol. The first-order chi connectivity index (χ1) is 9.06. The van der Waals surface area contributed by atoms with E-state index in [2.05, 4.69) is 5.32 Å². The summed E-state index contributed by atoms with van der Waals surface area (Å²) < 4.78 is 0. The lowest BCUT2D eigenvalue weighted by molar-refractivity contribution is -0.384. The molecule has 6 heteroatoms. The molecular weight excluding hydrogens is 248 g/mol. The number of benzene rings is 1. The highest BCUT2D eigenvalue weighted by Crippen LogP contribution is 2.19. The molecule has 6 nitrogen and oxygen atoms in total. The minimum absolute atomic E-state index is 0.0302. The van der Waals surface area contributed by atoms with Gasteiger partial charge in [-0.25, -0.2) is 0 Å². The van der Waals surface area contributed by atoms with Crippen LogP contribution in [0.2, 0.25) is 0 Å². The Morgan fingerprint density at radius 2 is 1.79 bits per heavy atom. The predicted molar refractivity (Wildman–Crippen MR) is 68.8 cm³/mol. The molecule has 1 aliphatic carbocycles. The number of nitro groups is 1. The molecule has 0 unspecified atom stereocenters. The van der Waals surface area contributed by atoms with Gasteiger partial charge >= 0.3 is 0 Å². The van der Waals surface area contributed by atoms with Gasteiger partial charge in [-0.2, -0.15) is 0 Å². The zero-order chi connectivity index (χ0) is 13.8. The van der Waals surface area contributed by atoms with Crippen LogP contribution in [0, 0.1) is 10.1 Å². The number of nitro benzene ring substituents is 1. The lowest BCUT2D eigenvalue weighted by atomic mass is 9.93. The zero-order valence-corrected chi connectivity index (χ0v) is 10.4. The third kappa shape index (κ3) is 3.51. The molecular formula is C13H16N2O4. The van der Waals surface area contributed by atoms with Crippen molar-refractivity contribution in [1.82, 2.24) is 5.32 Å². The number of hydrogen-bond donors (Lipinski definition) is 2. The lowest BCUT2D eigenvalue weighted by Crippen LogP contribution is -2.38. The summed E-state index contributed by atoms with van der Waals surface area (Å²) in [5.41, 5.74) is 0.383. The van der Waals surface area contributed by atoms with Crippen molar-refractivity contribution in [3.63, 3.8) is 0 Å². The van der Waals surface area contributed by atoms with Crippen LogP contribution in [0.15, 0.2) is 24.3 Å². The van der Waals surface area contributed by atoms with Gasteiger partial charge in [0.1, 0.15) is 0 Å². The van der Waals surface area contributed by atoms with Gasteiger partial charge in [0.25, 0.3) is 11.6 Å². The Morgan fingerprint density at radius 3 is 2.32 bits per heavy atom.